The highest BCUT2D eigenvalue weighted by molar-refractivity contribution is 5.95. The van der Waals surface area contributed by atoms with Gasteiger partial charge in [-0.15, -0.1) is 0 Å². The van der Waals surface area contributed by atoms with Crippen molar-refractivity contribution in [3.63, 3.8) is 0 Å². The van der Waals surface area contributed by atoms with E-state index < -0.39 is 0 Å². The van der Waals surface area contributed by atoms with Gasteiger partial charge in [-0.25, -0.2) is 0 Å². The maximum absolute atomic E-state index is 12.3. The van der Waals surface area contributed by atoms with Gasteiger partial charge in [0.25, 0.3) is 5.91 Å². The number of fused-ring (bicyclic) bond motifs is 1. The van der Waals surface area contributed by atoms with E-state index in [4.69, 9.17) is 9.26 Å². The number of aromatic nitrogens is 1. The van der Waals surface area contributed by atoms with Crippen molar-refractivity contribution < 1.29 is 14.1 Å². The van der Waals surface area contributed by atoms with Gasteiger partial charge >= 0.3 is 0 Å². The molecular formula is C16H18N2O3. The molecule has 0 fully saturated rings. The van der Waals surface area contributed by atoms with Crippen LogP contribution < -0.4 is 10.1 Å². The second kappa shape index (κ2) is 5.60. The standard InChI is InChI=1S/C16H18N2O3/c1-10-13(9-21-18-10)16(19)17-14-7-3-6-12-11(14)5-4-8-15(12)20-2/h4-5,8-9,14H,3,6-7H2,1-2H3,(H,17,19). The van der Waals surface area contributed by atoms with E-state index in [1.807, 2.05) is 12.1 Å². The maximum atomic E-state index is 12.3. The number of nitrogens with zero attached hydrogens (tertiary/aromatic N) is 1. The second-order valence-corrected chi connectivity index (χ2v) is 5.26. The van der Waals surface area contributed by atoms with Crippen LogP contribution in [0.25, 0.3) is 0 Å². The Hall–Kier alpha value is -2.30. The summed E-state index contributed by atoms with van der Waals surface area (Å²) in [4.78, 5) is 12.3. The molecule has 2 aromatic rings. The molecule has 0 saturated heterocycles. The van der Waals surface area contributed by atoms with Gasteiger partial charge in [0.2, 0.25) is 0 Å². The maximum Gasteiger partial charge on any atom is 0.256 e. The van der Waals surface area contributed by atoms with Crippen LogP contribution in [0.1, 0.15) is 46.1 Å². The van der Waals surface area contributed by atoms with Crippen LogP contribution >= 0.6 is 0 Å². The lowest BCUT2D eigenvalue weighted by Crippen LogP contribution is -2.31. The first-order valence-corrected chi connectivity index (χ1v) is 7.08. The van der Waals surface area contributed by atoms with E-state index in [0.717, 1.165) is 30.6 Å². The van der Waals surface area contributed by atoms with Crippen molar-refractivity contribution in [1.82, 2.24) is 10.5 Å². The van der Waals surface area contributed by atoms with E-state index in [0.29, 0.717) is 11.3 Å². The van der Waals surface area contributed by atoms with Crippen LogP contribution in [0.3, 0.4) is 0 Å². The number of methoxy groups -OCH3 is 1. The van der Waals surface area contributed by atoms with Gasteiger partial charge in [0.15, 0.2) is 0 Å². The molecule has 5 heteroatoms. The molecule has 5 nitrogen and oxygen atoms in total. The first-order valence-electron chi connectivity index (χ1n) is 7.08. The molecule has 1 aliphatic rings. The lowest BCUT2D eigenvalue weighted by Gasteiger charge is -2.27. The third-order valence-corrected chi connectivity index (χ3v) is 3.98. The van der Waals surface area contributed by atoms with Crippen molar-refractivity contribution >= 4 is 5.91 Å². The van der Waals surface area contributed by atoms with E-state index in [-0.39, 0.29) is 11.9 Å². The molecule has 1 aromatic heterocycles. The number of aryl methyl sites for hydroxylation is 1. The van der Waals surface area contributed by atoms with Crippen LogP contribution in [0.5, 0.6) is 5.75 Å². The summed E-state index contributed by atoms with van der Waals surface area (Å²) in [5.41, 5.74) is 3.43. The lowest BCUT2D eigenvalue weighted by molar-refractivity contribution is 0.0931. The molecule has 110 valence electrons. The Kier molecular flexibility index (Phi) is 3.64. The largest absolute Gasteiger partial charge is 0.496 e. The van der Waals surface area contributed by atoms with Gasteiger partial charge in [-0.2, -0.15) is 0 Å². The minimum absolute atomic E-state index is 0.00523. The van der Waals surface area contributed by atoms with Crippen LogP contribution in [0.15, 0.2) is 29.0 Å². The number of carbonyl (C=O) groups excluding carboxylic acids is 1. The molecule has 0 aliphatic heterocycles. The van der Waals surface area contributed by atoms with Crippen molar-refractivity contribution in [2.45, 2.75) is 32.2 Å². The van der Waals surface area contributed by atoms with Gasteiger partial charge in [0, 0.05) is 0 Å². The number of hydrogen-bond acceptors (Lipinski definition) is 4. The normalized spacial score (nSPS) is 17.1. The number of benzene rings is 1. The van der Waals surface area contributed by atoms with Crippen molar-refractivity contribution in [1.29, 1.82) is 0 Å². The Labute approximate surface area is 123 Å². The molecule has 0 spiro atoms. The highest BCUT2D eigenvalue weighted by Crippen LogP contribution is 2.35. The molecule has 21 heavy (non-hydrogen) atoms. The zero-order chi connectivity index (χ0) is 14.8. The van der Waals surface area contributed by atoms with E-state index in [1.54, 1.807) is 14.0 Å². The highest BCUT2D eigenvalue weighted by Gasteiger charge is 2.25. The summed E-state index contributed by atoms with van der Waals surface area (Å²) in [6.45, 7) is 1.76. The minimum atomic E-state index is -0.144. The smallest absolute Gasteiger partial charge is 0.256 e. The fourth-order valence-electron chi connectivity index (χ4n) is 2.90. The Morgan fingerprint density at radius 1 is 1.48 bits per heavy atom. The first kappa shape index (κ1) is 13.7. The number of rotatable bonds is 3. The topological polar surface area (TPSA) is 64.4 Å². The fraction of sp³-hybridized carbons (Fsp3) is 0.375. The van der Waals surface area contributed by atoms with Crippen molar-refractivity contribution in [2.75, 3.05) is 7.11 Å². The van der Waals surface area contributed by atoms with E-state index >= 15 is 0 Å². The fourth-order valence-corrected chi connectivity index (χ4v) is 2.90. The molecule has 1 heterocycles. The highest BCUT2D eigenvalue weighted by atomic mass is 16.5. The second-order valence-electron chi connectivity index (χ2n) is 5.26. The first-order chi connectivity index (χ1) is 10.2. The number of amides is 1. The van der Waals surface area contributed by atoms with Crippen LogP contribution in [0.4, 0.5) is 0 Å². The van der Waals surface area contributed by atoms with Crippen molar-refractivity contribution in [3.05, 3.63) is 46.8 Å². The molecule has 1 atom stereocenters. The molecule has 1 N–H and O–H groups in total. The number of nitrogens with one attached hydrogen (secondary N) is 1. The van der Waals surface area contributed by atoms with Gasteiger partial charge in [0.1, 0.15) is 17.6 Å². The molecule has 3 rings (SSSR count). The number of ether oxygens (including phenoxy) is 1. The third-order valence-electron chi connectivity index (χ3n) is 3.98. The summed E-state index contributed by atoms with van der Waals surface area (Å²) >= 11 is 0. The zero-order valence-electron chi connectivity index (χ0n) is 12.2. The molecule has 1 aliphatic carbocycles. The summed E-state index contributed by atoms with van der Waals surface area (Å²) in [5.74, 6) is 0.752. The molecule has 0 bridgehead atoms. The Morgan fingerprint density at radius 2 is 2.33 bits per heavy atom. The molecule has 1 aromatic carbocycles. The van der Waals surface area contributed by atoms with Crippen LogP contribution in [0, 0.1) is 6.92 Å². The van der Waals surface area contributed by atoms with Gasteiger partial charge in [-0.05, 0) is 43.4 Å². The average Bonchev–Trinajstić information content (AvgIpc) is 2.93. The number of carbonyl (C=O) groups is 1. The average molecular weight is 286 g/mol. The van der Waals surface area contributed by atoms with Crippen LogP contribution in [-0.2, 0) is 6.42 Å². The lowest BCUT2D eigenvalue weighted by atomic mass is 9.87. The van der Waals surface area contributed by atoms with Crippen LogP contribution in [0.2, 0.25) is 0 Å². The molecular weight excluding hydrogens is 268 g/mol. The van der Waals surface area contributed by atoms with E-state index in [1.165, 1.54) is 11.8 Å². The summed E-state index contributed by atoms with van der Waals surface area (Å²) in [5, 5.41) is 6.82. The quantitative estimate of drug-likeness (QED) is 0.942. The van der Waals surface area contributed by atoms with E-state index in [9.17, 15) is 4.79 Å². The van der Waals surface area contributed by atoms with Gasteiger partial charge < -0.3 is 14.6 Å². The molecule has 0 saturated carbocycles. The number of hydrogen-bond donors (Lipinski definition) is 1. The predicted molar refractivity (Wildman–Crippen MR) is 77.4 cm³/mol. The predicted octanol–water partition coefficient (Wildman–Crippen LogP) is 2.80. The molecule has 1 unspecified atom stereocenters. The summed E-state index contributed by atoms with van der Waals surface area (Å²) in [6.07, 6.45) is 4.33. The zero-order valence-corrected chi connectivity index (χ0v) is 12.2. The monoisotopic (exact) mass is 286 g/mol. The van der Waals surface area contributed by atoms with Gasteiger partial charge in [0.05, 0.1) is 18.8 Å². The summed E-state index contributed by atoms with van der Waals surface area (Å²) in [6, 6.07) is 5.99. The summed E-state index contributed by atoms with van der Waals surface area (Å²) in [7, 11) is 1.68. The molecule has 1 amide bonds. The minimum Gasteiger partial charge on any atom is -0.496 e. The van der Waals surface area contributed by atoms with Crippen LogP contribution in [-0.4, -0.2) is 18.2 Å². The summed E-state index contributed by atoms with van der Waals surface area (Å²) < 4.78 is 10.3. The van der Waals surface area contributed by atoms with Crippen molar-refractivity contribution in [3.8, 4) is 5.75 Å². The Balaban J connectivity index is 1.86. The van der Waals surface area contributed by atoms with Gasteiger partial charge in [-0.3, -0.25) is 4.79 Å². The third kappa shape index (κ3) is 2.51. The van der Waals surface area contributed by atoms with Crippen molar-refractivity contribution in [2.24, 2.45) is 0 Å². The van der Waals surface area contributed by atoms with Gasteiger partial charge in [-0.1, -0.05) is 17.3 Å². The Bertz CT molecular complexity index is 663. The van der Waals surface area contributed by atoms with E-state index in [2.05, 4.69) is 16.5 Å². The molecule has 0 radical (unpaired) electrons. The SMILES string of the molecule is COc1cccc2c1CCCC2NC(=O)c1conc1C. The Morgan fingerprint density at radius 3 is 3.05 bits per heavy atom.